The van der Waals surface area contributed by atoms with Gasteiger partial charge in [0.2, 0.25) is 0 Å². The van der Waals surface area contributed by atoms with Crippen molar-refractivity contribution in [2.75, 3.05) is 0 Å². The van der Waals surface area contributed by atoms with Gasteiger partial charge in [-0.25, -0.2) is 0 Å². The van der Waals surface area contributed by atoms with Crippen LogP contribution >= 0.6 is 0 Å². The van der Waals surface area contributed by atoms with Crippen molar-refractivity contribution in [2.45, 2.75) is 17.3 Å². The van der Waals surface area contributed by atoms with Gasteiger partial charge in [0.15, 0.2) is 0 Å². The van der Waals surface area contributed by atoms with E-state index in [0.29, 0.717) is 0 Å². The summed E-state index contributed by atoms with van der Waals surface area (Å²) in [6, 6.07) is 0. The molecule has 9 heavy (non-hydrogen) atoms. The van der Waals surface area contributed by atoms with Crippen molar-refractivity contribution in [3.63, 3.8) is 0 Å². The number of hydrogen-bond acceptors (Lipinski definition) is 2. The van der Waals surface area contributed by atoms with Crippen LogP contribution in [0.4, 0.5) is 8.78 Å². The Labute approximate surface area is 64.7 Å². The van der Waals surface area contributed by atoms with Gasteiger partial charge in [-0.3, -0.25) is 0 Å². The topological polar surface area (TPSA) is 26.3 Å². The van der Waals surface area contributed by atoms with Gasteiger partial charge < -0.3 is 0 Å². The predicted octanol–water partition coefficient (Wildman–Crippen LogP) is 1.23. The van der Waals surface area contributed by atoms with Crippen LogP contribution in [-0.2, 0) is 32.5 Å². The number of alkyl halides is 2. The van der Waals surface area contributed by atoms with E-state index in [0.717, 1.165) is 3.93 Å². The maximum absolute atomic E-state index is 11.3. The van der Waals surface area contributed by atoms with Gasteiger partial charge in [0.05, 0.1) is 0 Å². The molecular weight excluding hydrogens is 319 g/mol. The van der Waals surface area contributed by atoms with Gasteiger partial charge in [0.1, 0.15) is 0 Å². The molecule has 0 saturated carbocycles. The molecule has 0 saturated heterocycles. The first-order valence-corrected chi connectivity index (χ1v) is 8.76. The average molecular weight is 325 g/mol. The molecule has 0 bridgehead atoms. The Hall–Kier alpha value is 0.265. The molecule has 0 radical (unpaired) electrons. The number of hydrogen-bond donors (Lipinski definition) is 0. The molecule has 2 nitrogen and oxygen atoms in total. The Morgan fingerprint density at radius 3 is 2.67 bits per heavy atom. The second-order valence-electron chi connectivity index (χ2n) is 1.47. The summed E-state index contributed by atoms with van der Waals surface area (Å²) in [5.74, 6) is -1.33. The van der Waals surface area contributed by atoms with Crippen LogP contribution in [0.2, 0.25) is 3.93 Å². The fraction of sp³-hybridized carbons (Fsp3) is 0.750. The van der Waals surface area contributed by atoms with E-state index in [1.165, 1.54) is 0 Å². The van der Waals surface area contributed by atoms with Gasteiger partial charge in [-0.1, -0.05) is 0 Å². The van der Waals surface area contributed by atoms with Crippen LogP contribution in [0.15, 0.2) is 0 Å². The van der Waals surface area contributed by atoms with Crippen LogP contribution in [0.25, 0.3) is 0 Å². The molecule has 0 aliphatic carbocycles. The zero-order valence-corrected chi connectivity index (χ0v) is 10.6. The Balaban J connectivity index is 3.28. The standard InChI is InChI=1S/C2H2F2O2.C2H5.Hg/c3-1(4)2(5)6;1-2;/h1H,(H,5,6);1H2,2H3;/q;;+1/p-1. The second kappa shape index (κ2) is 5.08. The second-order valence-corrected chi connectivity index (χ2v) is 8.06. The molecule has 0 atom stereocenters. The van der Waals surface area contributed by atoms with Crippen molar-refractivity contribution in [1.82, 2.24) is 0 Å². The third-order valence-electron chi connectivity index (χ3n) is 0.627. The number of carbonyl (C=O) groups is 1. The van der Waals surface area contributed by atoms with E-state index in [4.69, 9.17) is 0 Å². The van der Waals surface area contributed by atoms with E-state index >= 15 is 0 Å². The molecule has 0 amide bonds. The Morgan fingerprint density at radius 2 is 2.33 bits per heavy atom. The first-order valence-electron chi connectivity index (χ1n) is 2.63. The van der Waals surface area contributed by atoms with E-state index in [1.807, 2.05) is 6.92 Å². The molecule has 0 aliphatic heterocycles. The van der Waals surface area contributed by atoms with Crippen molar-refractivity contribution in [3.05, 3.63) is 0 Å². The fourth-order valence-electron chi connectivity index (χ4n) is 0.266. The maximum atomic E-state index is 11.3. The molecule has 50 valence electrons. The van der Waals surface area contributed by atoms with Crippen molar-refractivity contribution in [2.24, 2.45) is 0 Å². The monoisotopic (exact) mass is 326 g/mol. The molecule has 5 heteroatoms. The van der Waals surface area contributed by atoms with Gasteiger partial charge in [-0.15, -0.1) is 0 Å². The van der Waals surface area contributed by atoms with Crippen molar-refractivity contribution in [1.29, 1.82) is 0 Å². The summed E-state index contributed by atoms with van der Waals surface area (Å²) in [6.07, 6.45) is -2.93. The molecular formula is C4H6F2HgO2. The van der Waals surface area contributed by atoms with E-state index < -0.39 is 37.4 Å². The predicted molar refractivity (Wildman–Crippen MR) is 22.6 cm³/mol. The SMILES string of the molecule is C[CH2][Hg][O]C(=O)C(F)F. The average Bonchev–Trinajstić information content (AvgIpc) is 1.82. The summed E-state index contributed by atoms with van der Waals surface area (Å²) in [5.41, 5.74) is 0. The summed E-state index contributed by atoms with van der Waals surface area (Å²) in [6.45, 7) is 1.83. The van der Waals surface area contributed by atoms with E-state index in [2.05, 4.69) is 2.64 Å². The van der Waals surface area contributed by atoms with Crippen LogP contribution in [0, 0.1) is 0 Å². The molecule has 0 rings (SSSR count). The molecule has 0 aromatic carbocycles. The molecule has 0 fully saturated rings. The Morgan fingerprint density at radius 1 is 1.78 bits per heavy atom. The normalized spacial score (nSPS) is 8.89. The van der Waals surface area contributed by atoms with Crippen LogP contribution in [-0.4, -0.2) is 12.4 Å². The summed E-state index contributed by atoms with van der Waals surface area (Å²) in [4.78, 5) is 9.99. The van der Waals surface area contributed by atoms with Gasteiger partial charge in [-0.05, 0) is 0 Å². The molecule has 0 aromatic heterocycles. The van der Waals surface area contributed by atoms with Crippen LogP contribution < -0.4 is 0 Å². The third kappa shape index (κ3) is 4.75. The minimum absolute atomic E-state index is 0.790. The summed E-state index contributed by atoms with van der Waals surface area (Å²) >= 11 is -1.64. The minimum atomic E-state index is -2.93. The number of rotatable bonds is 3. The quantitative estimate of drug-likeness (QED) is 0.730. The fourth-order valence-corrected chi connectivity index (χ4v) is 2.33. The third-order valence-corrected chi connectivity index (χ3v) is 4.11. The summed E-state index contributed by atoms with van der Waals surface area (Å²) in [5, 5.41) is 0. The first-order chi connectivity index (χ1) is 4.18. The number of halogens is 2. The van der Waals surface area contributed by atoms with Crippen LogP contribution in [0.5, 0.6) is 0 Å². The molecule has 0 aliphatic rings. The van der Waals surface area contributed by atoms with Crippen molar-refractivity contribution in [3.8, 4) is 0 Å². The van der Waals surface area contributed by atoms with Crippen LogP contribution in [0.1, 0.15) is 6.92 Å². The van der Waals surface area contributed by atoms with E-state index in [1.54, 1.807) is 0 Å². The zero-order chi connectivity index (χ0) is 7.28. The van der Waals surface area contributed by atoms with E-state index in [9.17, 15) is 13.6 Å². The van der Waals surface area contributed by atoms with Crippen molar-refractivity contribution >= 4 is 5.97 Å². The Kier molecular flexibility index (Phi) is 5.23. The van der Waals surface area contributed by atoms with Gasteiger partial charge in [0, 0.05) is 0 Å². The summed E-state index contributed by atoms with van der Waals surface area (Å²) < 4.78 is 27.7. The molecule has 0 N–H and O–H groups in total. The number of carbonyl (C=O) groups excluding carboxylic acids is 1. The molecule has 0 aromatic rings. The molecule has 0 spiro atoms. The Bertz CT molecular complexity index is 96.6. The molecule has 0 heterocycles. The first kappa shape index (κ1) is 9.27. The van der Waals surface area contributed by atoms with Gasteiger partial charge >= 0.3 is 64.5 Å². The van der Waals surface area contributed by atoms with Crippen LogP contribution in [0.3, 0.4) is 0 Å². The van der Waals surface area contributed by atoms with Gasteiger partial charge in [0.25, 0.3) is 0 Å². The summed E-state index contributed by atoms with van der Waals surface area (Å²) in [7, 11) is 0. The van der Waals surface area contributed by atoms with E-state index in [-0.39, 0.29) is 0 Å². The van der Waals surface area contributed by atoms with Crippen molar-refractivity contribution < 1.29 is 41.3 Å². The molecule has 0 unspecified atom stereocenters. The zero-order valence-electron chi connectivity index (χ0n) is 5.06. The van der Waals surface area contributed by atoms with Gasteiger partial charge in [-0.2, -0.15) is 0 Å².